The Hall–Kier alpha value is -1.99. The summed E-state index contributed by atoms with van der Waals surface area (Å²) in [7, 11) is -0.830. The summed E-state index contributed by atoms with van der Waals surface area (Å²) in [5, 5.41) is 0. The first-order valence-electron chi connectivity index (χ1n) is 6.19. The standard InChI is InChI=1S/C14H15FN2O3S/c1-16(2)21(19,20)12-7-8-14(18)17(10-12)9-11-5-3-4-6-13(11)15/h3-8,10H,9H2,1-2H3. The van der Waals surface area contributed by atoms with Gasteiger partial charge in [-0.05, 0) is 12.1 Å². The minimum atomic E-state index is -3.64. The number of benzene rings is 1. The molecule has 0 unspecified atom stereocenters. The summed E-state index contributed by atoms with van der Waals surface area (Å²) in [6, 6.07) is 8.46. The third-order valence-corrected chi connectivity index (χ3v) is 4.83. The molecule has 0 radical (unpaired) electrons. The molecule has 21 heavy (non-hydrogen) atoms. The van der Waals surface area contributed by atoms with E-state index in [0.29, 0.717) is 5.56 Å². The van der Waals surface area contributed by atoms with Gasteiger partial charge < -0.3 is 4.57 Å². The summed E-state index contributed by atoms with van der Waals surface area (Å²) in [4.78, 5) is 11.8. The highest BCUT2D eigenvalue weighted by atomic mass is 32.2. The Morgan fingerprint density at radius 3 is 2.43 bits per heavy atom. The summed E-state index contributed by atoms with van der Waals surface area (Å²) in [6.07, 6.45) is 1.23. The van der Waals surface area contributed by atoms with Crippen LogP contribution in [0.1, 0.15) is 5.56 Å². The predicted molar refractivity (Wildman–Crippen MR) is 77.1 cm³/mol. The Balaban J connectivity index is 2.47. The van der Waals surface area contributed by atoms with Crippen molar-refractivity contribution in [2.75, 3.05) is 14.1 Å². The van der Waals surface area contributed by atoms with E-state index in [1.54, 1.807) is 18.2 Å². The molecule has 1 heterocycles. The zero-order valence-electron chi connectivity index (χ0n) is 11.7. The largest absolute Gasteiger partial charge is 0.310 e. The van der Waals surface area contributed by atoms with Crippen molar-refractivity contribution in [1.29, 1.82) is 0 Å². The molecular weight excluding hydrogens is 295 g/mol. The number of nitrogens with zero attached hydrogens (tertiary/aromatic N) is 2. The second kappa shape index (κ2) is 5.79. The second-order valence-electron chi connectivity index (χ2n) is 4.71. The molecular formula is C14H15FN2O3S. The minimum absolute atomic E-state index is 0.0107. The molecule has 112 valence electrons. The topological polar surface area (TPSA) is 59.4 Å². The summed E-state index contributed by atoms with van der Waals surface area (Å²) in [6.45, 7) is -0.0255. The zero-order valence-corrected chi connectivity index (χ0v) is 12.5. The SMILES string of the molecule is CN(C)S(=O)(=O)c1ccc(=O)n(Cc2ccccc2F)c1. The van der Waals surface area contributed by atoms with Gasteiger partial charge in [0, 0.05) is 31.9 Å². The summed E-state index contributed by atoms with van der Waals surface area (Å²) in [5.74, 6) is -0.440. The molecule has 1 aromatic carbocycles. The molecule has 5 nitrogen and oxygen atoms in total. The molecule has 0 bridgehead atoms. The van der Waals surface area contributed by atoms with Crippen LogP contribution >= 0.6 is 0 Å². The first-order chi connectivity index (χ1) is 9.82. The van der Waals surface area contributed by atoms with Crippen molar-refractivity contribution in [2.45, 2.75) is 11.4 Å². The van der Waals surface area contributed by atoms with E-state index in [9.17, 15) is 17.6 Å². The van der Waals surface area contributed by atoms with Crippen LogP contribution in [0.3, 0.4) is 0 Å². The van der Waals surface area contributed by atoms with Crippen LogP contribution in [0, 0.1) is 5.82 Å². The van der Waals surface area contributed by atoms with Gasteiger partial charge in [-0.25, -0.2) is 17.1 Å². The molecule has 0 N–H and O–H groups in total. The lowest BCUT2D eigenvalue weighted by molar-refractivity contribution is 0.518. The van der Waals surface area contributed by atoms with Crippen molar-refractivity contribution in [3.05, 3.63) is 64.3 Å². The van der Waals surface area contributed by atoms with E-state index < -0.39 is 21.4 Å². The Bertz CT molecular complexity index is 813. The highest BCUT2D eigenvalue weighted by Gasteiger charge is 2.18. The average Bonchev–Trinajstić information content (AvgIpc) is 2.43. The van der Waals surface area contributed by atoms with Gasteiger partial charge in [0.25, 0.3) is 5.56 Å². The molecule has 0 atom stereocenters. The lowest BCUT2D eigenvalue weighted by atomic mass is 10.2. The molecule has 0 spiro atoms. The Kier molecular flexibility index (Phi) is 4.24. The van der Waals surface area contributed by atoms with Gasteiger partial charge in [-0.3, -0.25) is 4.79 Å². The fourth-order valence-electron chi connectivity index (χ4n) is 1.81. The fourth-order valence-corrected chi connectivity index (χ4v) is 2.73. The maximum absolute atomic E-state index is 13.6. The van der Waals surface area contributed by atoms with Gasteiger partial charge in [0.05, 0.1) is 11.4 Å². The van der Waals surface area contributed by atoms with Crippen molar-refractivity contribution in [3.8, 4) is 0 Å². The maximum Gasteiger partial charge on any atom is 0.250 e. The molecule has 0 fully saturated rings. The van der Waals surface area contributed by atoms with E-state index in [2.05, 4.69) is 0 Å². The van der Waals surface area contributed by atoms with E-state index in [4.69, 9.17) is 0 Å². The Morgan fingerprint density at radius 1 is 1.14 bits per heavy atom. The van der Waals surface area contributed by atoms with Crippen molar-refractivity contribution in [3.63, 3.8) is 0 Å². The number of sulfonamides is 1. The van der Waals surface area contributed by atoms with Gasteiger partial charge in [-0.15, -0.1) is 0 Å². The van der Waals surface area contributed by atoms with Gasteiger partial charge in [-0.2, -0.15) is 0 Å². The van der Waals surface area contributed by atoms with E-state index >= 15 is 0 Å². The Labute approximate surface area is 122 Å². The number of pyridine rings is 1. The number of halogens is 1. The third-order valence-electron chi connectivity index (χ3n) is 3.03. The van der Waals surface area contributed by atoms with Crippen LogP contribution in [0.4, 0.5) is 4.39 Å². The van der Waals surface area contributed by atoms with Crippen molar-refractivity contribution >= 4 is 10.0 Å². The van der Waals surface area contributed by atoms with Crippen molar-refractivity contribution in [1.82, 2.24) is 8.87 Å². The zero-order chi connectivity index (χ0) is 15.6. The predicted octanol–water partition coefficient (Wildman–Crippen LogP) is 1.29. The summed E-state index contributed by atoms with van der Waals surface area (Å²) < 4.78 is 40.0. The van der Waals surface area contributed by atoms with Crippen molar-refractivity contribution in [2.24, 2.45) is 0 Å². The van der Waals surface area contributed by atoms with Crippen LogP contribution in [0.5, 0.6) is 0 Å². The number of rotatable bonds is 4. The Morgan fingerprint density at radius 2 is 1.81 bits per heavy atom. The smallest absolute Gasteiger partial charge is 0.250 e. The molecule has 0 aliphatic rings. The van der Waals surface area contributed by atoms with Crippen LogP contribution < -0.4 is 5.56 Å². The molecule has 2 aromatic rings. The van der Waals surface area contributed by atoms with E-state index in [-0.39, 0.29) is 11.4 Å². The van der Waals surface area contributed by atoms with E-state index in [1.165, 1.54) is 37.0 Å². The molecule has 7 heteroatoms. The quantitative estimate of drug-likeness (QED) is 0.855. The van der Waals surface area contributed by atoms with Gasteiger partial charge in [0.2, 0.25) is 10.0 Å². The van der Waals surface area contributed by atoms with Crippen LogP contribution in [0.15, 0.2) is 52.3 Å². The molecule has 0 saturated carbocycles. The van der Waals surface area contributed by atoms with Crippen LogP contribution in [-0.4, -0.2) is 31.4 Å². The normalized spacial score (nSPS) is 11.8. The molecule has 0 aliphatic carbocycles. The molecule has 0 aliphatic heterocycles. The van der Waals surface area contributed by atoms with Gasteiger partial charge in [0.15, 0.2) is 0 Å². The first kappa shape index (κ1) is 15.4. The highest BCUT2D eigenvalue weighted by Crippen LogP contribution is 2.12. The van der Waals surface area contributed by atoms with Gasteiger partial charge in [0.1, 0.15) is 5.82 Å². The van der Waals surface area contributed by atoms with E-state index in [0.717, 1.165) is 10.4 Å². The second-order valence-corrected chi connectivity index (χ2v) is 6.86. The van der Waals surface area contributed by atoms with Crippen LogP contribution in [0.25, 0.3) is 0 Å². The highest BCUT2D eigenvalue weighted by molar-refractivity contribution is 7.89. The molecule has 0 saturated heterocycles. The lowest BCUT2D eigenvalue weighted by Crippen LogP contribution is -2.26. The van der Waals surface area contributed by atoms with Gasteiger partial charge in [-0.1, -0.05) is 18.2 Å². The fraction of sp³-hybridized carbons (Fsp3) is 0.214. The lowest BCUT2D eigenvalue weighted by Gasteiger charge is -2.13. The monoisotopic (exact) mass is 310 g/mol. The number of aromatic nitrogens is 1. The summed E-state index contributed by atoms with van der Waals surface area (Å²) >= 11 is 0. The number of hydrogen-bond donors (Lipinski definition) is 0. The first-order valence-corrected chi connectivity index (χ1v) is 7.63. The van der Waals surface area contributed by atoms with Gasteiger partial charge >= 0.3 is 0 Å². The van der Waals surface area contributed by atoms with Crippen LogP contribution in [0.2, 0.25) is 0 Å². The summed E-state index contributed by atoms with van der Waals surface area (Å²) in [5.41, 5.74) is -0.0741. The van der Waals surface area contributed by atoms with Crippen LogP contribution in [-0.2, 0) is 16.6 Å². The average molecular weight is 310 g/mol. The minimum Gasteiger partial charge on any atom is -0.310 e. The van der Waals surface area contributed by atoms with Crippen molar-refractivity contribution < 1.29 is 12.8 Å². The third kappa shape index (κ3) is 3.20. The molecule has 2 rings (SSSR count). The molecule has 0 amide bonds. The number of hydrogen-bond acceptors (Lipinski definition) is 3. The molecule has 1 aromatic heterocycles. The maximum atomic E-state index is 13.6. The van der Waals surface area contributed by atoms with E-state index in [1.807, 2.05) is 0 Å².